The first kappa shape index (κ1) is 27.5. The van der Waals surface area contributed by atoms with Crippen molar-refractivity contribution in [3.63, 3.8) is 0 Å². The van der Waals surface area contributed by atoms with Crippen molar-refractivity contribution in [1.29, 1.82) is 0 Å². The molecule has 2 heterocycles. The fraction of sp³-hybridized carbons (Fsp3) is 0.500. The van der Waals surface area contributed by atoms with Gasteiger partial charge in [0.1, 0.15) is 5.76 Å². The number of imidazole rings is 1. The van der Waals surface area contributed by atoms with Gasteiger partial charge in [0, 0.05) is 6.04 Å². The van der Waals surface area contributed by atoms with Crippen LogP contribution in [0.4, 0.5) is 0 Å². The van der Waals surface area contributed by atoms with E-state index in [9.17, 15) is 0 Å². The first-order valence-corrected chi connectivity index (χ1v) is 11.7. The first-order valence-electron chi connectivity index (χ1n) is 11.7. The van der Waals surface area contributed by atoms with Crippen molar-refractivity contribution >= 4 is 17.8 Å². The molecule has 1 aromatic rings. The monoisotopic (exact) mass is 441 g/mol. The molecule has 32 heavy (non-hydrogen) atoms. The number of hydrazine groups is 1. The molecular formula is C26H43N5O. The molecule has 0 radical (unpaired) electrons. The lowest BCUT2D eigenvalue weighted by Crippen LogP contribution is -2.32. The molecule has 0 spiro atoms. The van der Waals surface area contributed by atoms with Crippen LogP contribution in [0.5, 0.6) is 0 Å². The highest BCUT2D eigenvalue weighted by molar-refractivity contribution is 5.70. The molecule has 178 valence electrons. The maximum atomic E-state index is 5.37. The lowest BCUT2D eigenvalue weighted by molar-refractivity contribution is 0.335. The van der Waals surface area contributed by atoms with Crippen LogP contribution in [-0.4, -0.2) is 29.1 Å². The lowest BCUT2D eigenvalue weighted by Gasteiger charge is -2.13. The van der Waals surface area contributed by atoms with Crippen LogP contribution < -0.4 is 16.2 Å². The van der Waals surface area contributed by atoms with Gasteiger partial charge in [0.25, 0.3) is 0 Å². The molecule has 1 unspecified atom stereocenters. The molecule has 1 atom stereocenters. The van der Waals surface area contributed by atoms with Crippen LogP contribution in [-0.2, 0) is 4.74 Å². The van der Waals surface area contributed by atoms with Gasteiger partial charge >= 0.3 is 0 Å². The van der Waals surface area contributed by atoms with Gasteiger partial charge < -0.3 is 20.5 Å². The van der Waals surface area contributed by atoms with E-state index in [1.54, 1.807) is 0 Å². The highest BCUT2D eigenvalue weighted by Crippen LogP contribution is 2.26. The number of H-pyrrole nitrogens is 1. The number of aromatic nitrogens is 2. The molecule has 0 amide bonds. The summed E-state index contributed by atoms with van der Waals surface area (Å²) in [4.78, 5) is 8.42. The van der Waals surface area contributed by atoms with Gasteiger partial charge in [-0.1, -0.05) is 38.5 Å². The molecule has 1 aliphatic heterocycles. The molecular weight excluding hydrogens is 398 g/mol. The van der Waals surface area contributed by atoms with Crippen molar-refractivity contribution < 1.29 is 4.74 Å². The maximum absolute atomic E-state index is 5.37. The Morgan fingerprint density at radius 2 is 1.84 bits per heavy atom. The van der Waals surface area contributed by atoms with Gasteiger partial charge in [-0.15, -0.1) is 0 Å². The van der Waals surface area contributed by atoms with Gasteiger partial charge in [-0.2, -0.15) is 0 Å². The van der Waals surface area contributed by atoms with Crippen LogP contribution in [0.1, 0.15) is 85.4 Å². The van der Waals surface area contributed by atoms with Crippen molar-refractivity contribution in [2.24, 2.45) is 0 Å². The van der Waals surface area contributed by atoms with Crippen LogP contribution in [0.25, 0.3) is 17.8 Å². The Kier molecular flexibility index (Phi) is 12.4. The standard InChI is InChI=1S/C24H37N5O.C2H6/c1-8-18(30-10-3)15-25-12-11-19-20(9-2)28-29-23(19)24-26-21(13-16(4)5)22(27-24)14-17(6)7;1-2/h8,10,13-14,20,25,28-29H,3,9,11-12,15H2,1-2,4-7H3,(H,26,27);1-2H3/b18-8-;. The van der Waals surface area contributed by atoms with Crippen LogP contribution in [0, 0.1) is 0 Å². The Morgan fingerprint density at radius 1 is 1.16 bits per heavy atom. The normalized spacial score (nSPS) is 15.5. The van der Waals surface area contributed by atoms with E-state index in [-0.39, 0.29) is 6.04 Å². The van der Waals surface area contributed by atoms with Gasteiger partial charge in [0.15, 0.2) is 5.82 Å². The molecule has 0 fully saturated rings. The number of aromatic amines is 1. The lowest BCUT2D eigenvalue weighted by atomic mass is 10.0. The zero-order valence-electron chi connectivity index (χ0n) is 21.3. The third-order valence-electron chi connectivity index (χ3n) is 4.80. The minimum absolute atomic E-state index is 0.288. The fourth-order valence-electron chi connectivity index (χ4n) is 3.41. The predicted octanol–water partition coefficient (Wildman–Crippen LogP) is 5.92. The molecule has 0 saturated heterocycles. The number of nitrogens with one attached hydrogen (secondary N) is 4. The number of nitrogens with zero attached hydrogens (tertiary/aromatic N) is 1. The molecule has 0 aliphatic carbocycles. The number of hydrogen-bond acceptors (Lipinski definition) is 5. The smallest absolute Gasteiger partial charge is 0.155 e. The van der Waals surface area contributed by atoms with Crippen molar-refractivity contribution in [3.8, 4) is 0 Å². The Balaban J connectivity index is 0.00000249. The third-order valence-corrected chi connectivity index (χ3v) is 4.80. The number of rotatable bonds is 11. The second-order valence-corrected chi connectivity index (χ2v) is 7.92. The van der Waals surface area contributed by atoms with E-state index in [0.29, 0.717) is 6.54 Å². The number of hydrogen-bond donors (Lipinski definition) is 4. The van der Waals surface area contributed by atoms with Gasteiger partial charge in [-0.05, 0) is 77.8 Å². The topological polar surface area (TPSA) is 74.0 Å². The molecule has 1 aliphatic rings. The SMILES string of the molecule is C=CO/C(=C\C)CNCCC1=C(c2nc(C=C(C)C)c(C=C(C)C)[nH]2)NNC1CC.CC. The average molecular weight is 442 g/mol. The molecule has 4 N–H and O–H groups in total. The minimum Gasteiger partial charge on any atom is -0.469 e. The Bertz CT molecular complexity index is 814. The van der Waals surface area contributed by atoms with Crippen LogP contribution >= 0.6 is 0 Å². The zero-order valence-corrected chi connectivity index (χ0v) is 21.3. The summed E-state index contributed by atoms with van der Waals surface area (Å²) in [6, 6.07) is 0.288. The first-order chi connectivity index (χ1) is 15.4. The Labute approximate surface area is 195 Å². The van der Waals surface area contributed by atoms with Crippen LogP contribution in [0.2, 0.25) is 0 Å². The summed E-state index contributed by atoms with van der Waals surface area (Å²) < 4.78 is 5.37. The van der Waals surface area contributed by atoms with E-state index in [1.165, 1.54) is 23.0 Å². The summed E-state index contributed by atoms with van der Waals surface area (Å²) in [6.07, 6.45) is 9.59. The van der Waals surface area contributed by atoms with E-state index in [4.69, 9.17) is 9.72 Å². The molecule has 0 aromatic carbocycles. The van der Waals surface area contributed by atoms with E-state index >= 15 is 0 Å². The summed E-state index contributed by atoms with van der Waals surface area (Å²) in [7, 11) is 0. The van der Waals surface area contributed by atoms with Gasteiger partial charge in [0.05, 0.1) is 29.9 Å². The maximum Gasteiger partial charge on any atom is 0.155 e. The Hall–Kier alpha value is -2.57. The van der Waals surface area contributed by atoms with Crippen molar-refractivity contribution in [1.82, 2.24) is 26.1 Å². The van der Waals surface area contributed by atoms with E-state index in [2.05, 4.69) is 74.5 Å². The molecule has 6 nitrogen and oxygen atoms in total. The fourth-order valence-corrected chi connectivity index (χ4v) is 3.41. The predicted molar refractivity (Wildman–Crippen MR) is 138 cm³/mol. The number of allylic oxidation sites excluding steroid dienone is 3. The second-order valence-electron chi connectivity index (χ2n) is 7.92. The minimum atomic E-state index is 0.288. The summed E-state index contributed by atoms with van der Waals surface area (Å²) in [5.41, 5.74) is 13.6. The van der Waals surface area contributed by atoms with Gasteiger partial charge in [0.2, 0.25) is 0 Å². The highest BCUT2D eigenvalue weighted by Gasteiger charge is 2.26. The quantitative estimate of drug-likeness (QED) is 0.253. The van der Waals surface area contributed by atoms with Crippen molar-refractivity contribution in [2.45, 2.75) is 74.3 Å². The molecule has 1 aromatic heterocycles. The van der Waals surface area contributed by atoms with Gasteiger partial charge in [-0.25, -0.2) is 10.4 Å². The number of ether oxygens (including phenoxy) is 1. The highest BCUT2D eigenvalue weighted by atomic mass is 16.5. The molecule has 0 bridgehead atoms. The summed E-state index contributed by atoms with van der Waals surface area (Å²) in [6.45, 7) is 21.7. The molecule has 0 saturated carbocycles. The average Bonchev–Trinajstić information content (AvgIpc) is 3.34. The van der Waals surface area contributed by atoms with Crippen molar-refractivity contribution in [3.05, 3.63) is 58.6 Å². The van der Waals surface area contributed by atoms with Crippen LogP contribution in [0.3, 0.4) is 0 Å². The van der Waals surface area contributed by atoms with E-state index in [1.807, 2.05) is 26.8 Å². The van der Waals surface area contributed by atoms with Crippen molar-refractivity contribution in [2.75, 3.05) is 13.1 Å². The molecule has 6 heteroatoms. The summed E-state index contributed by atoms with van der Waals surface area (Å²) in [5.74, 6) is 1.75. The molecule has 2 rings (SSSR count). The largest absolute Gasteiger partial charge is 0.469 e. The van der Waals surface area contributed by atoms with Gasteiger partial charge in [-0.3, -0.25) is 0 Å². The van der Waals surface area contributed by atoms with E-state index in [0.717, 1.165) is 48.1 Å². The summed E-state index contributed by atoms with van der Waals surface area (Å²) in [5, 5.41) is 3.45. The summed E-state index contributed by atoms with van der Waals surface area (Å²) >= 11 is 0. The van der Waals surface area contributed by atoms with E-state index < -0.39 is 0 Å². The van der Waals surface area contributed by atoms with Crippen LogP contribution in [0.15, 0.2) is 41.4 Å². The third kappa shape index (κ3) is 8.17. The Morgan fingerprint density at radius 3 is 2.41 bits per heavy atom. The zero-order chi connectivity index (χ0) is 24.1. The second kappa shape index (κ2) is 14.5.